The molecule has 22 heavy (non-hydrogen) atoms. The van der Waals surface area contributed by atoms with Gasteiger partial charge in [0.25, 0.3) is 0 Å². The summed E-state index contributed by atoms with van der Waals surface area (Å²) in [6.45, 7) is 3.03. The molecule has 1 heterocycles. The fourth-order valence-corrected chi connectivity index (χ4v) is 2.85. The predicted octanol–water partition coefficient (Wildman–Crippen LogP) is 1.43. The summed E-state index contributed by atoms with van der Waals surface area (Å²) < 4.78 is 0. The Labute approximate surface area is 140 Å². The van der Waals surface area contributed by atoms with Crippen LogP contribution in [0.25, 0.3) is 0 Å². The summed E-state index contributed by atoms with van der Waals surface area (Å²) in [5.41, 5.74) is 0.781. The Kier molecular flexibility index (Phi) is 6.06. The van der Waals surface area contributed by atoms with Gasteiger partial charge in [-0.25, -0.2) is 0 Å². The third kappa shape index (κ3) is 4.60. The molecular formula is C15H19Cl2N3O2. The molecule has 2 amide bonds. The third-order valence-electron chi connectivity index (χ3n) is 3.73. The second-order valence-corrected chi connectivity index (χ2v) is 6.09. The van der Waals surface area contributed by atoms with Crippen LogP contribution in [-0.2, 0) is 16.0 Å². The lowest BCUT2D eigenvalue weighted by molar-refractivity contribution is -0.132. The Morgan fingerprint density at radius 3 is 2.45 bits per heavy atom. The molecule has 1 saturated heterocycles. The van der Waals surface area contributed by atoms with Gasteiger partial charge in [-0.15, -0.1) is 0 Å². The molecular weight excluding hydrogens is 325 g/mol. The number of hydrogen-bond donors (Lipinski definition) is 1. The molecule has 2 rings (SSSR count). The summed E-state index contributed by atoms with van der Waals surface area (Å²) in [5, 5.41) is 3.68. The van der Waals surface area contributed by atoms with E-state index in [1.165, 1.54) is 0 Å². The Morgan fingerprint density at radius 1 is 1.18 bits per heavy atom. The van der Waals surface area contributed by atoms with Crippen LogP contribution in [-0.4, -0.2) is 61.4 Å². The van der Waals surface area contributed by atoms with Gasteiger partial charge in [0.15, 0.2) is 0 Å². The van der Waals surface area contributed by atoms with Crippen molar-refractivity contribution in [2.24, 2.45) is 0 Å². The number of hydrogen-bond acceptors (Lipinski definition) is 3. The van der Waals surface area contributed by atoms with Crippen molar-refractivity contribution in [3.63, 3.8) is 0 Å². The lowest BCUT2D eigenvalue weighted by Gasteiger charge is -2.34. The summed E-state index contributed by atoms with van der Waals surface area (Å²) in [6.07, 6.45) is 0.269. The van der Waals surface area contributed by atoms with Gasteiger partial charge in [-0.1, -0.05) is 29.3 Å². The summed E-state index contributed by atoms with van der Waals surface area (Å²) in [6, 6.07) is 5.16. The second kappa shape index (κ2) is 7.81. The smallest absolute Gasteiger partial charge is 0.233 e. The molecule has 0 saturated carbocycles. The number of likely N-dealkylation sites (N-methyl/N-ethyl adjacent to an activating group) is 1. The molecule has 5 nitrogen and oxygen atoms in total. The minimum atomic E-state index is -0.00674. The molecule has 1 aromatic carbocycles. The maximum absolute atomic E-state index is 12.3. The first kappa shape index (κ1) is 17.1. The fourth-order valence-electron chi connectivity index (χ4n) is 2.38. The highest BCUT2D eigenvalue weighted by Gasteiger charge is 2.22. The highest BCUT2D eigenvalue weighted by molar-refractivity contribution is 6.35. The normalized spacial score (nSPS) is 15.7. The fraction of sp³-hybridized carbons (Fsp3) is 0.467. The van der Waals surface area contributed by atoms with Gasteiger partial charge in [0.1, 0.15) is 0 Å². The standard InChI is InChI=1S/C15H19Cl2N3O2/c1-18-14(21)10-19-4-6-20(7-5-19)15(22)8-11-2-3-12(16)9-13(11)17/h2-3,9H,4-8,10H2,1H3,(H,18,21). The van der Waals surface area contributed by atoms with E-state index in [1.54, 1.807) is 25.2 Å². The van der Waals surface area contributed by atoms with Crippen LogP contribution < -0.4 is 5.32 Å². The van der Waals surface area contributed by atoms with Gasteiger partial charge in [0.2, 0.25) is 11.8 Å². The Morgan fingerprint density at radius 2 is 1.86 bits per heavy atom. The summed E-state index contributed by atoms with van der Waals surface area (Å²) in [5.74, 6) is 0.0385. The van der Waals surface area contributed by atoms with E-state index in [9.17, 15) is 9.59 Å². The van der Waals surface area contributed by atoms with Crippen LogP contribution in [0.15, 0.2) is 18.2 Å². The molecule has 0 atom stereocenters. The van der Waals surface area contributed by atoms with Crippen molar-refractivity contribution in [3.05, 3.63) is 33.8 Å². The van der Waals surface area contributed by atoms with E-state index < -0.39 is 0 Å². The zero-order chi connectivity index (χ0) is 16.1. The van der Waals surface area contributed by atoms with E-state index >= 15 is 0 Å². The number of nitrogens with zero attached hydrogens (tertiary/aromatic N) is 2. The molecule has 0 spiro atoms. The molecule has 7 heteroatoms. The van der Waals surface area contributed by atoms with Gasteiger partial charge in [0.05, 0.1) is 13.0 Å². The largest absolute Gasteiger partial charge is 0.358 e. The molecule has 1 aromatic rings. The van der Waals surface area contributed by atoms with Gasteiger partial charge in [0, 0.05) is 43.3 Å². The third-order valence-corrected chi connectivity index (χ3v) is 4.31. The van der Waals surface area contributed by atoms with Crippen molar-refractivity contribution in [3.8, 4) is 0 Å². The van der Waals surface area contributed by atoms with Crippen molar-refractivity contribution < 1.29 is 9.59 Å². The van der Waals surface area contributed by atoms with Crippen LogP contribution in [0.2, 0.25) is 10.0 Å². The number of carbonyl (C=O) groups is 2. The Bertz CT molecular complexity index is 558. The first-order valence-corrected chi connectivity index (χ1v) is 7.90. The lowest BCUT2D eigenvalue weighted by atomic mass is 10.1. The molecule has 0 aliphatic carbocycles. The van der Waals surface area contributed by atoms with Crippen molar-refractivity contribution in [2.45, 2.75) is 6.42 Å². The van der Waals surface area contributed by atoms with Gasteiger partial charge in [-0.2, -0.15) is 0 Å². The molecule has 1 aliphatic heterocycles. The molecule has 0 bridgehead atoms. The van der Waals surface area contributed by atoms with Crippen LogP contribution in [0, 0.1) is 0 Å². The van der Waals surface area contributed by atoms with E-state index in [2.05, 4.69) is 5.32 Å². The molecule has 1 fully saturated rings. The maximum atomic E-state index is 12.3. The number of rotatable bonds is 4. The molecule has 1 N–H and O–H groups in total. The molecule has 120 valence electrons. The summed E-state index contributed by atoms with van der Waals surface area (Å²) in [4.78, 5) is 27.5. The van der Waals surface area contributed by atoms with Crippen LogP contribution >= 0.6 is 23.2 Å². The number of halogens is 2. The van der Waals surface area contributed by atoms with E-state index in [0.29, 0.717) is 42.8 Å². The average molecular weight is 344 g/mol. The second-order valence-electron chi connectivity index (χ2n) is 5.24. The van der Waals surface area contributed by atoms with Gasteiger partial charge in [-0.05, 0) is 17.7 Å². The van der Waals surface area contributed by atoms with Crippen LogP contribution in [0.3, 0.4) is 0 Å². The van der Waals surface area contributed by atoms with Gasteiger partial charge < -0.3 is 10.2 Å². The van der Waals surface area contributed by atoms with Crippen molar-refractivity contribution in [1.82, 2.24) is 15.1 Å². The predicted molar refractivity (Wildman–Crippen MR) is 87.3 cm³/mol. The number of piperazine rings is 1. The summed E-state index contributed by atoms with van der Waals surface area (Å²) in [7, 11) is 1.62. The topological polar surface area (TPSA) is 52.7 Å². The SMILES string of the molecule is CNC(=O)CN1CCN(C(=O)Cc2ccc(Cl)cc2Cl)CC1. The average Bonchev–Trinajstić information content (AvgIpc) is 2.50. The number of nitrogens with one attached hydrogen (secondary N) is 1. The molecule has 0 radical (unpaired) electrons. The van der Waals surface area contributed by atoms with E-state index in [4.69, 9.17) is 23.2 Å². The number of benzene rings is 1. The molecule has 0 aromatic heterocycles. The zero-order valence-corrected chi connectivity index (χ0v) is 14.0. The first-order valence-electron chi connectivity index (χ1n) is 7.14. The lowest BCUT2D eigenvalue weighted by Crippen LogP contribution is -2.51. The number of amides is 2. The Hall–Kier alpha value is -1.30. The minimum absolute atomic E-state index is 0.00674. The van der Waals surface area contributed by atoms with Crippen LogP contribution in [0.1, 0.15) is 5.56 Å². The van der Waals surface area contributed by atoms with E-state index in [-0.39, 0.29) is 18.2 Å². The van der Waals surface area contributed by atoms with Crippen LogP contribution in [0.5, 0.6) is 0 Å². The van der Waals surface area contributed by atoms with Crippen molar-refractivity contribution >= 4 is 35.0 Å². The number of carbonyl (C=O) groups excluding carboxylic acids is 2. The van der Waals surface area contributed by atoms with Crippen LogP contribution in [0.4, 0.5) is 0 Å². The molecule has 0 unspecified atom stereocenters. The quantitative estimate of drug-likeness (QED) is 0.899. The first-order chi connectivity index (χ1) is 10.5. The van der Waals surface area contributed by atoms with Gasteiger partial charge >= 0.3 is 0 Å². The maximum Gasteiger partial charge on any atom is 0.233 e. The zero-order valence-electron chi connectivity index (χ0n) is 12.4. The van der Waals surface area contributed by atoms with Gasteiger partial charge in [-0.3, -0.25) is 14.5 Å². The molecule has 1 aliphatic rings. The Balaban J connectivity index is 1.86. The monoisotopic (exact) mass is 343 g/mol. The van der Waals surface area contributed by atoms with E-state index in [0.717, 1.165) is 5.56 Å². The van der Waals surface area contributed by atoms with Crippen molar-refractivity contribution in [1.29, 1.82) is 0 Å². The van der Waals surface area contributed by atoms with E-state index in [1.807, 2.05) is 9.80 Å². The highest BCUT2D eigenvalue weighted by atomic mass is 35.5. The highest BCUT2D eigenvalue weighted by Crippen LogP contribution is 2.22. The van der Waals surface area contributed by atoms with Crippen molar-refractivity contribution in [2.75, 3.05) is 39.8 Å². The minimum Gasteiger partial charge on any atom is -0.358 e. The summed E-state index contributed by atoms with van der Waals surface area (Å²) >= 11 is 12.0.